The maximum atomic E-state index is 12.1. The van der Waals surface area contributed by atoms with Gasteiger partial charge in [0.1, 0.15) is 4.32 Å². The topological polar surface area (TPSA) is 87.2 Å². The van der Waals surface area contributed by atoms with Crippen LogP contribution in [0, 0.1) is 0 Å². The van der Waals surface area contributed by atoms with E-state index in [1.165, 1.54) is 11.8 Å². The molecular formula is C14H20N2O5S3. The molecule has 0 radical (unpaired) electrons. The number of likely N-dealkylation sites (N-methyl/N-ethyl adjacent to an activating group) is 1. The minimum Gasteiger partial charge on any atom is -0.375 e. The average molecular weight is 393 g/mol. The third kappa shape index (κ3) is 5.28. The molecule has 134 valence electrons. The van der Waals surface area contributed by atoms with Crippen molar-refractivity contribution < 1.29 is 21.9 Å². The van der Waals surface area contributed by atoms with Crippen LogP contribution in [0.15, 0.2) is 22.8 Å². The second kappa shape index (κ2) is 8.43. The lowest BCUT2D eigenvalue weighted by Gasteiger charge is -2.19. The number of thiocarbonyl (C=S) groups is 1. The van der Waals surface area contributed by atoms with Crippen molar-refractivity contribution in [2.45, 2.75) is 26.2 Å². The molecule has 0 spiro atoms. The first-order valence-electron chi connectivity index (χ1n) is 7.63. The molecule has 0 bridgehead atoms. The maximum absolute atomic E-state index is 12.1. The number of nitrogens with zero attached hydrogens (tertiary/aromatic N) is 2. The van der Waals surface area contributed by atoms with Gasteiger partial charge in [0.25, 0.3) is 5.91 Å². The highest BCUT2D eigenvalue weighted by Gasteiger charge is 2.30. The fourth-order valence-electron chi connectivity index (χ4n) is 2.58. The lowest BCUT2D eigenvalue weighted by Crippen LogP contribution is -2.27. The van der Waals surface area contributed by atoms with Crippen molar-refractivity contribution in [1.29, 1.82) is 0 Å². The van der Waals surface area contributed by atoms with Gasteiger partial charge in [-0.1, -0.05) is 24.0 Å². The van der Waals surface area contributed by atoms with E-state index < -0.39 is 10.4 Å². The van der Waals surface area contributed by atoms with Gasteiger partial charge in [-0.25, -0.2) is 4.18 Å². The van der Waals surface area contributed by atoms with Crippen LogP contribution in [0.4, 0.5) is 0 Å². The van der Waals surface area contributed by atoms with Crippen LogP contribution in [0.1, 0.15) is 26.2 Å². The Labute approximate surface area is 151 Å². The first-order valence-corrected chi connectivity index (χ1v) is 10.2. The normalized spacial score (nSPS) is 22.4. The van der Waals surface area contributed by atoms with E-state index >= 15 is 0 Å². The van der Waals surface area contributed by atoms with Gasteiger partial charge in [-0.15, -0.1) is 0 Å². The number of amides is 1. The summed E-state index contributed by atoms with van der Waals surface area (Å²) in [7, 11) is -4.37. The molecule has 1 amide bonds. The van der Waals surface area contributed by atoms with Crippen molar-refractivity contribution >= 4 is 44.6 Å². The number of thioether (sulfide) groups is 1. The molecule has 2 aliphatic rings. The number of hydrogen-bond donors (Lipinski definition) is 1. The van der Waals surface area contributed by atoms with E-state index in [-0.39, 0.29) is 12.5 Å². The fourth-order valence-corrected chi connectivity index (χ4v) is 4.23. The smallest absolute Gasteiger partial charge is 0.375 e. The van der Waals surface area contributed by atoms with E-state index in [4.69, 9.17) is 16.8 Å². The molecule has 1 N–H and O–H groups in total. The third-order valence-corrected chi connectivity index (χ3v) is 5.55. The largest absolute Gasteiger partial charge is 0.397 e. The molecule has 2 saturated heterocycles. The van der Waals surface area contributed by atoms with E-state index in [1.54, 1.807) is 11.0 Å². The van der Waals surface area contributed by atoms with Gasteiger partial charge in [-0.05, 0) is 38.3 Å². The predicted molar refractivity (Wildman–Crippen MR) is 96.7 cm³/mol. The van der Waals surface area contributed by atoms with Crippen molar-refractivity contribution in [2.75, 3.05) is 26.2 Å². The van der Waals surface area contributed by atoms with Crippen LogP contribution in [0.25, 0.3) is 0 Å². The lowest BCUT2D eigenvalue weighted by molar-refractivity contribution is -0.122. The molecule has 0 atom stereocenters. The van der Waals surface area contributed by atoms with Gasteiger partial charge < -0.3 is 4.90 Å². The monoisotopic (exact) mass is 392 g/mol. The van der Waals surface area contributed by atoms with Gasteiger partial charge in [-0.3, -0.25) is 14.2 Å². The molecule has 2 fully saturated rings. The van der Waals surface area contributed by atoms with E-state index in [0.717, 1.165) is 25.1 Å². The predicted octanol–water partition coefficient (Wildman–Crippen LogP) is 1.94. The summed E-state index contributed by atoms with van der Waals surface area (Å²) in [5.74, 6) is -0.0598. The van der Waals surface area contributed by atoms with Gasteiger partial charge in [0, 0.05) is 25.3 Å². The van der Waals surface area contributed by atoms with E-state index in [2.05, 4.69) is 9.08 Å². The van der Waals surface area contributed by atoms with Crippen molar-refractivity contribution in [3.63, 3.8) is 0 Å². The molecule has 2 aliphatic heterocycles. The Kier molecular flexibility index (Phi) is 6.81. The van der Waals surface area contributed by atoms with Gasteiger partial charge in [-0.2, -0.15) is 8.42 Å². The Hall–Kier alpha value is -0.940. The quantitative estimate of drug-likeness (QED) is 0.304. The van der Waals surface area contributed by atoms with E-state index in [9.17, 15) is 13.2 Å². The van der Waals surface area contributed by atoms with Gasteiger partial charge in [0.05, 0.1) is 11.5 Å². The van der Waals surface area contributed by atoms with Crippen LogP contribution in [0.3, 0.4) is 0 Å². The molecule has 0 unspecified atom stereocenters. The molecule has 2 rings (SSSR count). The Morgan fingerprint density at radius 1 is 1.42 bits per heavy atom. The summed E-state index contributed by atoms with van der Waals surface area (Å²) in [6, 6.07) is 0. The lowest BCUT2D eigenvalue weighted by atomic mass is 10.2. The molecular weight excluding hydrogens is 372 g/mol. The Morgan fingerprint density at radius 2 is 2.17 bits per heavy atom. The summed E-state index contributed by atoms with van der Waals surface area (Å²) < 4.78 is 34.4. The molecule has 7 nitrogen and oxygen atoms in total. The Bertz CT molecular complexity index is 672. The number of allylic oxidation sites excluding steroid dienone is 3. The molecule has 0 aromatic rings. The molecule has 0 aromatic heterocycles. The van der Waals surface area contributed by atoms with Crippen molar-refractivity contribution in [1.82, 2.24) is 9.80 Å². The van der Waals surface area contributed by atoms with Crippen molar-refractivity contribution in [3.05, 3.63) is 22.8 Å². The van der Waals surface area contributed by atoms with Crippen LogP contribution >= 0.6 is 24.0 Å². The van der Waals surface area contributed by atoms with Crippen molar-refractivity contribution in [2.24, 2.45) is 0 Å². The highest BCUT2D eigenvalue weighted by molar-refractivity contribution is 8.26. The zero-order chi connectivity index (χ0) is 17.7. The Morgan fingerprint density at radius 3 is 2.79 bits per heavy atom. The maximum Gasteiger partial charge on any atom is 0.397 e. The zero-order valence-corrected chi connectivity index (χ0v) is 15.8. The first-order chi connectivity index (χ1) is 11.3. The highest BCUT2D eigenvalue weighted by Crippen LogP contribution is 2.31. The third-order valence-electron chi connectivity index (χ3n) is 3.69. The van der Waals surface area contributed by atoms with Crippen LogP contribution < -0.4 is 0 Å². The Balaban J connectivity index is 1.93. The standard InChI is InChI=1S/C14H20N2O5S3/c1-2-16-13(17)12(23-14(16)22)7-6-11-5-3-8-15(11)9-4-10-21-24(18,19)20/h6-7H,2-5,8-10H2,1H3,(H,18,19,20). The average Bonchev–Trinajstić information content (AvgIpc) is 3.05. The molecule has 24 heavy (non-hydrogen) atoms. The van der Waals surface area contributed by atoms with Crippen LogP contribution in [-0.4, -0.2) is 59.2 Å². The number of likely N-dealkylation sites (tertiary alicyclic amines) is 1. The molecule has 0 aliphatic carbocycles. The second-order valence-electron chi connectivity index (χ2n) is 5.30. The first kappa shape index (κ1) is 19.4. The van der Waals surface area contributed by atoms with Gasteiger partial charge >= 0.3 is 10.4 Å². The number of carbonyl (C=O) groups is 1. The molecule has 2 heterocycles. The number of hydrogen-bond acceptors (Lipinski definition) is 7. The molecule has 0 aromatic carbocycles. The van der Waals surface area contributed by atoms with Crippen molar-refractivity contribution in [3.8, 4) is 0 Å². The second-order valence-corrected chi connectivity index (χ2v) is 8.07. The minimum absolute atomic E-state index is 0.0578. The summed E-state index contributed by atoms with van der Waals surface area (Å²) in [5.41, 5.74) is 1.10. The minimum atomic E-state index is -4.37. The summed E-state index contributed by atoms with van der Waals surface area (Å²) in [4.78, 5) is 16.5. The molecule has 0 saturated carbocycles. The zero-order valence-electron chi connectivity index (χ0n) is 13.3. The van der Waals surface area contributed by atoms with E-state index in [1.807, 2.05) is 13.0 Å². The highest BCUT2D eigenvalue weighted by atomic mass is 32.3. The fraction of sp³-hybridized carbons (Fsp3) is 0.571. The summed E-state index contributed by atoms with van der Waals surface area (Å²) in [5, 5.41) is 0. The SMILES string of the molecule is CCN1C(=O)C(=CC=C2CCCN2CCCOS(=O)(=O)O)SC1=S. The number of carbonyl (C=O) groups excluding carboxylic acids is 1. The van der Waals surface area contributed by atoms with Gasteiger partial charge in [0.2, 0.25) is 0 Å². The molecule has 10 heteroatoms. The number of rotatable bonds is 7. The van der Waals surface area contributed by atoms with Crippen LogP contribution in [0.5, 0.6) is 0 Å². The van der Waals surface area contributed by atoms with Crippen LogP contribution in [0.2, 0.25) is 0 Å². The van der Waals surface area contributed by atoms with Crippen LogP contribution in [-0.2, 0) is 19.4 Å². The summed E-state index contributed by atoms with van der Waals surface area (Å²) in [6.07, 6.45) is 6.13. The van der Waals surface area contributed by atoms with Gasteiger partial charge in [0.15, 0.2) is 0 Å². The summed E-state index contributed by atoms with van der Waals surface area (Å²) >= 11 is 6.49. The summed E-state index contributed by atoms with van der Waals surface area (Å²) in [6.45, 7) is 3.91. The van der Waals surface area contributed by atoms with E-state index in [0.29, 0.717) is 28.7 Å².